The van der Waals surface area contributed by atoms with Gasteiger partial charge in [0, 0.05) is 14.5 Å². The van der Waals surface area contributed by atoms with E-state index in [-0.39, 0.29) is 0 Å². The van der Waals surface area contributed by atoms with Crippen molar-refractivity contribution >= 4 is 31.9 Å². The number of benzene rings is 2. The van der Waals surface area contributed by atoms with Crippen LogP contribution in [0.25, 0.3) is 16.9 Å². The third-order valence-corrected chi connectivity index (χ3v) is 4.10. The molecular weight excluding hydrogens is 370 g/mol. The second-order valence-electron chi connectivity index (χ2n) is 3.98. The van der Waals surface area contributed by atoms with Crippen molar-refractivity contribution in [1.29, 1.82) is 0 Å². The van der Waals surface area contributed by atoms with E-state index >= 15 is 0 Å². The molecule has 0 aliphatic carbocycles. The maximum atomic E-state index is 4.23. The molecule has 0 N–H and O–H groups in total. The number of rotatable bonds is 2. The van der Waals surface area contributed by atoms with Crippen LogP contribution in [0.4, 0.5) is 0 Å². The van der Waals surface area contributed by atoms with E-state index in [1.54, 1.807) is 4.68 Å². The second-order valence-corrected chi connectivity index (χ2v) is 5.69. The van der Waals surface area contributed by atoms with Crippen LogP contribution in [0.15, 0.2) is 63.7 Å². The molecule has 0 saturated carbocycles. The molecule has 3 nitrogen and oxygen atoms in total. The van der Waals surface area contributed by atoms with Gasteiger partial charge < -0.3 is 0 Å². The largest absolute Gasteiger partial charge is 0.219 e. The van der Waals surface area contributed by atoms with Gasteiger partial charge in [0.25, 0.3) is 0 Å². The molecule has 0 unspecified atom stereocenters. The summed E-state index contributed by atoms with van der Waals surface area (Å²) in [5, 5.41) is 8.41. The highest BCUT2D eigenvalue weighted by molar-refractivity contribution is 9.11. The first kappa shape index (κ1) is 12.6. The topological polar surface area (TPSA) is 30.7 Å². The highest BCUT2D eigenvalue weighted by Crippen LogP contribution is 2.27. The van der Waals surface area contributed by atoms with Crippen LogP contribution in [-0.2, 0) is 0 Å². The molecule has 2 aromatic carbocycles. The van der Waals surface area contributed by atoms with E-state index in [0.29, 0.717) is 0 Å². The van der Waals surface area contributed by atoms with Crippen molar-refractivity contribution in [1.82, 2.24) is 15.0 Å². The maximum absolute atomic E-state index is 4.23. The van der Waals surface area contributed by atoms with Gasteiger partial charge >= 0.3 is 0 Å². The molecule has 0 aliphatic rings. The lowest BCUT2D eigenvalue weighted by Crippen LogP contribution is -1.95. The van der Waals surface area contributed by atoms with Crippen molar-refractivity contribution in [2.45, 2.75) is 0 Å². The third kappa shape index (κ3) is 2.48. The predicted octanol–water partition coefficient (Wildman–Crippen LogP) is 4.46. The van der Waals surface area contributed by atoms with Gasteiger partial charge in [0.05, 0.1) is 11.9 Å². The third-order valence-electron chi connectivity index (χ3n) is 2.74. The Morgan fingerprint density at radius 2 is 1.53 bits per heavy atom. The van der Waals surface area contributed by atoms with Crippen LogP contribution in [0.1, 0.15) is 0 Å². The van der Waals surface area contributed by atoms with Crippen LogP contribution in [-0.4, -0.2) is 15.0 Å². The van der Waals surface area contributed by atoms with Gasteiger partial charge in [-0.15, -0.1) is 5.10 Å². The Bertz CT molecular complexity index is 662. The molecule has 1 aromatic heterocycles. The molecular formula is C14H9Br2N3. The number of halogens is 2. The number of aromatic nitrogens is 3. The quantitative estimate of drug-likeness (QED) is 0.659. The van der Waals surface area contributed by atoms with Gasteiger partial charge in [0.1, 0.15) is 5.69 Å². The number of hydrogen-bond acceptors (Lipinski definition) is 2. The van der Waals surface area contributed by atoms with E-state index in [0.717, 1.165) is 25.9 Å². The SMILES string of the molecule is Brc1ccccc1-c1cn(-c2ccccc2Br)nn1. The fraction of sp³-hybridized carbons (Fsp3) is 0. The molecule has 0 aliphatic heterocycles. The summed E-state index contributed by atoms with van der Waals surface area (Å²) in [6.07, 6.45) is 1.92. The molecule has 0 saturated heterocycles. The highest BCUT2D eigenvalue weighted by Gasteiger charge is 2.09. The first-order valence-electron chi connectivity index (χ1n) is 5.68. The van der Waals surface area contributed by atoms with Crippen molar-refractivity contribution in [3.8, 4) is 16.9 Å². The normalized spacial score (nSPS) is 10.6. The molecule has 5 heteroatoms. The van der Waals surface area contributed by atoms with Gasteiger partial charge in [-0.25, -0.2) is 4.68 Å². The summed E-state index contributed by atoms with van der Waals surface area (Å²) >= 11 is 7.04. The van der Waals surface area contributed by atoms with Gasteiger partial charge in [0.2, 0.25) is 0 Å². The molecule has 3 rings (SSSR count). The summed E-state index contributed by atoms with van der Waals surface area (Å²) in [4.78, 5) is 0. The van der Waals surface area contributed by atoms with Crippen molar-refractivity contribution in [2.75, 3.05) is 0 Å². The molecule has 0 atom stereocenters. The Hall–Kier alpha value is -1.46. The molecule has 0 fully saturated rings. The Balaban J connectivity index is 2.06. The molecule has 0 spiro atoms. The highest BCUT2D eigenvalue weighted by atomic mass is 79.9. The summed E-state index contributed by atoms with van der Waals surface area (Å²) in [5.41, 5.74) is 2.83. The second kappa shape index (κ2) is 5.27. The minimum Gasteiger partial charge on any atom is -0.219 e. The van der Waals surface area contributed by atoms with Gasteiger partial charge in [-0.3, -0.25) is 0 Å². The monoisotopic (exact) mass is 377 g/mol. The minimum absolute atomic E-state index is 0.836. The summed E-state index contributed by atoms with van der Waals surface area (Å²) in [5.74, 6) is 0. The number of para-hydroxylation sites is 1. The molecule has 3 aromatic rings. The summed E-state index contributed by atoms with van der Waals surface area (Å²) < 4.78 is 3.76. The van der Waals surface area contributed by atoms with Crippen LogP contribution in [0.3, 0.4) is 0 Å². The smallest absolute Gasteiger partial charge is 0.114 e. The number of hydrogen-bond donors (Lipinski definition) is 0. The lowest BCUT2D eigenvalue weighted by molar-refractivity contribution is 0.801. The average molecular weight is 379 g/mol. The zero-order chi connectivity index (χ0) is 13.2. The standard InChI is InChI=1S/C14H9Br2N3/c15-11-6-2-1-5-10(11)13-9-19(18-17-13)14-8-4-3-7-12(14)16/h1-9H. The van der Waals surface area contributed by atoms with Crippen LogP contribution in [0, 0.1) is 0 Å². The first-order valence-corrected chi connectivity index (χ1v) is 7.26. The van der Waals surface area contributed by atoms with E-state index in [1.807, 2.05) is 54.7 Å². The van der Waals surface area contributed by atoms with Crippen molar-refractivity contribution in [3.05, 3.63) is 63.7 Å². The zero-order valence-electron chi connectivity index (χ0n) is 9.79. The number of nitrogens with zero attached hydrogens (tertiary/aromatic N) is 3. The molecule has 94 valence electrons. The Morgan fingerprint density at radius 1 is 0.842 bits per heavy atom. The predicted molar refractivity (Wildman–Crippen MR) is 82.2 cm³/mol. The summed E-state index contributed by atoms with van der Waals surface area (Å²) in [6.45, 7) is 0. The molecule has 0 amide bonds. The van der Waals surface area contributed by atoms with Crippen LogP contribution < -0.4 is 0 Å². The fourth-order valence-corrected chi connectivity index (χ4v) is 2.77. The van der Waals surface area contributed by atoms with Gasteiger partial charge in [0.15, 0.2) is 0 Å². The van der Waals surface area contributed by atoms with Crippen molar-refractivity contribution in [3.63, 3.8) is 0 Å². The van der Waals surface area contributed by atoms with Gasteiger partial charge in [-0.1, -0.05) is 51.5 Å². The van der Waals surface area contributed by atoms with Crippen molar-refractivity contribution < 1.29 is 0 Å². The van der Waals surface area contributed by atoms with E-state index in [1.165, 1.54) is 0 Å². The van der Waals surface area contributed by atoms with Gasteiger partial charge in [-0.05, 0) is 34.1 Å². The molecule has 0 bridgehead atoms. The Morgan fingerprint density at radius 3 is 2.26 bits per heavy atom. The molecule has 1 heterocycles. The zero-order valence-corrected chi connectivity index (χ0v) is 13.0. The lowest BCUT2D eigenvalue weighted by Gasteiger charge is -2.02. The van der Waals surface area contributed by atoms with E-state index < -0.39 is 0 Å². The maximum Gasteiger partial charge on any atom is 0.114 e. The molecule has 0 radical (unpaired) electrons. The lowest BCUT2D eigenvalue weighted by atomic mass is 10.2. The van der Waals surface area contributed by atoms with E-state index in [2.05, 4.69) is 42.2 Å². The van der Waals surface area contributed by atoms with E-state index in [4.69, 9.17) is 0 Å². The van der Waals surface area contributed by atoms with Crippen LogP contribution in [0.2, 0.25) is 0 Å². The first-order chi connectivity index (χ1) is 9.25. The Kier molecular flexibility index (Phi) is 3.48. The van der Waals surface area contributed by atoms with Crippen molar-refractivity contribution in [2.24, 2.45) is 0 Å². The average Bonchev–Trinajstić information content (AvgIpc) is 2.89. The minimum atomic E-state index is 0.836. The Labute approximate surface area is 127 Å². The summed E-state index contributed by atoms with van der Waals surface area (Å²) in [6, 6.07) is 15.9. The summed E-state index contributed by atoms with van der Waals surface area (Å²) in [7, 11) is 0. The fourth-order valence-electron chi connectivity index (χ4n) is 1.81. The van der Waals surface area contributed by atoms with E-state index in [9.17, 15) is 0 Å². The molecule has 19 heavy (non-hydrogen) atoms. The van der Waals surface area contributed by atoms with Crippen LogP contribution in [0.5, 0.6) is 0 Å². The van der Waals surface area contributed by atoms with Crippen LogP contribution >= 0.6 is 31.9 Å². The van der Waals surface area contributed by atoms with Gasteiger partial charge in [-0.2, -0.15) is 0 Å².